The molecule has 3 nitrogen and oxygen atoms in total. The van der Waals surface area contributed by atoms with Crippen LogP contribution in [0.25, 0.3) is 10.8 Å². The van der Waals surface area contributed by atoms with E-state index in [4.69, 9.17) is 11.5 Å². The average Bonchev–Trinajstić information content (AvgIpc) is 2.46. The van der Waals surface area contributed by atoms with Gasteiger partial charge in [0.2, 0.25) is 0 Å². The molecular formula is C16H15N3. The summed E-state index contributed by atoms with van der Waals surface area (Å²) < 4.78 is 0. The van der Waals surface area contributed by atoms with Crippen molar-refractivity contribution in [3.8, 4) is 0 Å². The fourth-order valence-electron chi connectivity index (χ4n) is 2.37. The molecule has 0 bridgehead atoms. The van der Waals surface area contributed by atoms with Crippen LogP contribution in [-0.2, 0) is 0 Å². The maximum absolute atomic E-state index is 6.36. The minimum Gasteiger partial charge on any atom is -0.398 e. The number of benzene rings is 2. The Balaban J connectivity index is 2.17. The molecule has 0 saturated carbocycles. The van der Waals surface area contributed by atoms with E-state index in [-0.39, 0.29) is 6.04 Å². The van der Waals surface area contributed by atoms with E-state index in [1.54, 1.807) is 18.5 Å². The summed E-state index contributed by atoms with van der Waals surface area (Å²) in [6, 6.07) is 15.9. The van der Waals surface area contributed by atoms with Crippen LogP contribution in [-0.4, -0.2) is 4.98 Å². The number of nitrogen functional groups attached to an aromatic ring is 1. The third-order valence-electron chi connectivity index (χ3n) is 3.38. The van der Waals surface area contributed by atoms with E-state index in [0.717, 1.165) is 16.5 Å². The number of nitrogens with two attached hydrogens (primary N) is 2. The van der Waals surface area contributed by atoms with Gasteiger partial charge in [-0.2, -0.15) is 0 Å². The third kappa shape index (κ3) is 2.04. The van der Waals surface area contributed by atoms with E-state index in [9.17, 15) is 0 Å². The van der Waals surface area contributed by atoms with Crippen LogP contribution in [0.2, 0.25) is 0 Å². The number of hydrogen-bond donors (Lipinski definition) is 2. The van der Waals surface area contributed by atoms with E-state index in [2.05, 4.69) is 23.2 Å². The molecule has 1 atom stereocenters. The smallest absolute Gasteiger partial charge is 0.0593 e. The van der Waals surface area contributed by atoms with Gasteiger partial charge in [-0.3, -0.25) is 4.98 Å². The predicted molar refractivity (Wildman–Crippen MR) is 78.6 cm³/mol. The van der Waals surface area contributed by atoms with Crippen molar-refractivity contribution in [3.63, 3.8) is 0 Å². The highest BCUT2D eigenvalue weighted by atomic mass is 14.7. The monoisotopic (exact) mass is 249 g/mol. The molecule has 0 aliphatic carbocycles. The first-order chi connectivity index (χ1) is 9.27. The third-order valence-corrected chi connectivity index (χ3v) is 3.38. The molecule has 94 valence electrons. The summed E-state index contributed by atoms with van der Waals surface area (Å²) in [7, 11) is 0. The van der Waals surface area contributed by atoms with Crippen molar-refractivity contribution in [2.24, 2.45) is 5.73 Å². The number of hydrogen-bond acceptors (Lipinski definition) is 3. The normalized spacial score (nSPS) is 12.5. The maximum atomic E-state index is 6.36. The summed E-state index contributed by atoms with van der Waals surface area (Å²) >= 11 is 0. The molecule has 0 saturated heterocycles. The Kier molecular flexibility index (Phi) is 2.89. The Labute approximate surface area is 111 Å². The Bertz CT molecular complexity index is 717. The molecule has 0 amide bonds. The van der Waals surface area contributed by atoms with Crippen LogP contribution in [0, 0.1) is 0 Å². The van der Waals surface area contributed by atoms with Crippen LogP contribution >= 0.6 is 0 Å². The summed E-state index contributed by atoms with van der Waals surface area (Å²) in [5.41, 5.74) is 14.9. The lowest BCUT2D eigenvalue weighted by atomic mass is 9.94. The zero-order chi connectivity index (χ0) is 13.2. The second-order valence-electron chi connectivity index (χ2n) is 4.55. The Morgan fingerprint density at radius 3 is 2.53 bits per heavy atom. The van der Waals surface area contributed by atoms with E-state index in [1.807, 2.05) is 24.3 Å². The van der Waals surface area contributed by atoms with Crippen molar-refractivity contribution in [1.82, 2.24) is 4.98 Å². The summed E-state index contributed by atoms with van der Waals surface area (Å²) in [4.78, 5) is 4.11. The van der Waals surface area contributed by atoms with E-state index < -0.39 is 0 Å². The minimum absolute atomic E-state index is 0.264. The molecule has 3 rings (SSSR count). The van der Waals surface area contributed by atoms with E-state index in [1.165, 1.54) is 5.39 Å². The van der Waals surface area contributed by atoms with Gasteiger partial charge in [0.1, 0.15) is 0 Å². The molecule has 0 aliphatic rings. The molecule has 3 aromatic rings. The first kappa shape index (κ1) is 11.7. The second kappa shape index (κ2) is 4.71. The van der Waals surface area contributed by atoms with Gasteiger partial charge in [0.25, 0.3) is 0 Å². The number of rotatable bonds is 2. The van der Waals surface area contributed by atoms with Gasteiger partial charge in [-0.1, -0.05) is 42.5 Å². The van der Waals surface area contributed by atoms with E-state index in [0.29, 0.717) is 5.69 Å². The maximum Gasteiger partial charge on any atom is 0.0593 e. The topological polar surface area (TPSA) is 64.9 Å². The van der Waals surface area contributed by atoms with Crippen LogP contribution in [0.1, 0.15) is 17.2 Å². The lowest BCUT2D eigenvalue weighted by Crippen LogP contribution is -2.14. The Morgan fingerprint density at radius 1 is 0.895 bits per heavy atom. The lowest BCUT2D eigenvalue weighted by molar-refractivity contribution is 0.875. The Hall–Kier alpha value is -2.39. The van der Waals surface area contributed by atoms with Gasteiger partial charge in [0.05, 0.1) is 6.04 Å². The van der Waals surface area contributed by atoms with Crippen LogP contribution < -0.4 is 11.5 Å². The molecule has 0 radical (unpaired) electrons. The second-order valence-corrected chi connectivity index (χ2v) is 4.55. The largest absolute Gasteiger partial charge is 0.398 e. The number of nitrogens with zero attached hydrogens (tertiary/aromatic N) is 1. The molecule has 0 aliphatic heterocycles. The SMILES string of the molecule is Nc1ccncc1C(N)c1cccc2ccccc12. The van der Waals surface area contributed by atoms with Crippen molar-refractivity contribution in [2.75, 3.05) is 5.73 Å². The van der Waals surface area contributed by atoms with Gasteiger partial charge < -0.3 is 11.5 Å². The first-order valence-electron chi connectivity index (χ1n) is 6.20. The fourth-order valence-corrected chi connectivity index (χ4v) is 2.37. The summed E-state index contributed by atoms with van der Waals surface area (Å²) in [5, 5.41) is 2.33. The summed E-state index contributed by atoms with van der Waals surface area (Å²) in [6.07, 6.45) is 3.41. The highest BCUT2D eigenvalue weighted by molar-refractivity contribution is 5.86. The van der Waals surface area contributed by atoms with Crippen molar-refractivity contribution < 1.29 is 0 Å². The molecule has 4 N–H and O–H groups in total. The first-order valence-corrected chi connectivity index (χ1v) is 6.20. The van der Waals surface area contributed by atoms with Crippen molar-refractivity contribution in [2.45, 2.75) is 6.04 Å². The lowest BCUT2D eigenvalue weighted by Gasteiger charge is -2.16. The van der Waals surface area contributed by atoms with Gasteiger partial charge in [-0.15, -0.1) is 0 Å². The van der Waals surface area contributed by atoms with Gasteiger partial charge in [0.15, 0.2) is 0 Å². The number of anilines is 1. The molecular weight excluding hydrogens is 234 g/mol. The highest BCUT2D eigenvalue weighted by Gasteiger charge is 2.14. The number of fused-ring (bicyclic) bond motifs is 1. The number of aromatic nitrogens is 1. The summed E-state index contributed by atoms with van der Waals surface area (Å²) in [6.45, 7) is 0. The van der Waals surface area contributed by atoms with Crippen LogP contribution in [0.15, 0.2) is 60.9 Å². The molecule has 3 heteroatoms. The molecule has 0 spiro atoms. The molecule has 19 heavy (non-hydrogen) atoms. The van der Waals surface area contributed by atoms with Crippen molar-refractivity contribution in [1.29, 1.82) is 0 Å². The van der Waals surface area contributed by atoms with Gasteiger partial charge in [-0.25, -0.2) is 0 Å². The van der Waals surface area contributed by atoms with Crippen LogP contribution in [0.4, 0.5) is 5.69 Å². The van der Waals surface area contributed by atoms with Gasteiger partial charge >= 0.3 is 0 Å². The van der Waals surface area contributed by atoms with Crippen LogP contribution in [0.5, 0.6) is 0 Å². The summed E-state index contributed by atoms with van der Waals surface area (Å²) in [5.74, 6) is 0. The molecule has 2 aromatic carbocycles. The van der Waals surface area contributed by atoms with Gasteiger partial charge in [-0.05, 0) is 22.4 Å². The van der Waals surface area contributed by atoms with Crippen molar-refractivity contribution in [3.05, 3.63) is 72.1 Å². The standard InChI is InChI=1S/C16H15N3/c17-15-8-9-19-10-14(15)16(18)13-7-3-5-11-4-1-2-6-12(11)13/h1-10,16H,18H2,(H2,17,19). The van der Waals surface area contributed by atoms with E-state index >= 15 is 0 Å². The predicted octanol–water partition coefficient (Wildman–Crippen LogP) is 2.87. The molecule has 1 aromatic heterocycles. The Morgan fingerprint density at radius 2 is 1.68 bits per heavy atom. The molecule has 0 fully saturated rings. The zero-order valence-corrected chi connectivity index (χ0v) is 10.5. The minimum atomic E-state index is -0.264. The van der Waals surface area contributed by atoms with Gasteiger partial charge in [0, 0.05) is 23.6 Å². The average molecular weight is 249 g/mol. The molecule has 1 heterocycles. The fraction of sp³-hybridized carbons (Fsp3) is 0.0625. The molecule has 1 unspecified atom stereocenters. The number of pyridine rings is 1. The quantitative estimate of drug-likeness (QED) is 0.734. The van der Waals surface area contributed by atoms with Crippen molar-refractivity contribution >= 4 is 16.5 Å². The highest BCUT2D eigenvalue weighted by Crippen LogP contribution is 2.29. The van der Waals surface area contributed by atoms with Crippen LogP contribution in [0.3, 0.4) is 0 Å². The zero-order valence-electron chi connectivity index (χ0n) is 10.5.